The topological polar surface area (TPSA) is 72.2 Å². The standard InChI is InChI=1S/C8H15ClN2O2S/c1-14-3-2-7(10)8(13)11-6(4-9)5-12/h5-7H,2-4,10H2,1H3,(H,11,13)/t6-,7-/m0/s1/i/hD. The predicted molar refractivity (Wildman–Crippen MR) is 59.7 cm³/mol. The van der Waals surface area contributed by atoms with Crippen molar-refractivity contribution in [2.75, 3.05) is 17.9 Å². The second kappa shape index (κ2) is 8.08. The molecule has 0 aromatic heterocycles. The van der Waals surface area contributed by atoms with Gasteiger partial charge < -0.3 is 15.8 Å². The van der Waals surface area contributed by atoms with Crippen LogP contribution in [0.5, 0.6) is 0 Å². The van der Waals surface area contributed by atoms with Gasteiger partial charge in [-0.05, 0) is 18.4 Å². The molecule has 0 saturated heterocycles. The summed E-state index contributed by atoms with van der Waals surface area (Å²) in [7, 11) is 0. The Morgan fingerprint density at radius 3 is 2.93 bits per heavy atom. The summed E-state index contributed by atoms with van der Waals surface area (Å²) >= 11 is 7.00. The molecule has 2 atom stereocenters. The second-order valence-corrected chi connectivity index (χ2v) is 4.01. The molecule has 14 heavy (non-hydrogen) atoms. The summed E-state index contributed by atoms with van der Waals surface area (Å²) in [5, 5.41) is 0.561. The van der Waals surface area contributed by atoms with E-state index in [1.165, 1.54) is 0 Å². The number of hydrogen-bond donors (Lipinski definition) is 2. The quantitative estimate of drug-likeness (QED) is 0.484. The van der Waals surface area contributed by atoms with E-state index >= 15 is 0 Å². The smallest absolute Gasteiger partial charge is 0.237 e. The minimum absolute atomic E-state index is 0.0893. The number of aldehydes is 1. The van der Waals surface area contributed by atoms with E-state index in [4.69, 9.17) is 18.7 Å². The van der Waals surface area contributed by atoms with Crippen LogP contribution in [0.3, 0.4) is 0 Å². The van der Waals surface area contributed by atoms with Crippen molar-refractivity contribution in [2.45, 2.75) is 18.5 Å². The Morgan fingerprint density at radius 2 is 2.50 bits per heavy atom. The Morgan fingerprint density at radius 1 is 1.86 bits per heavy atom. The maximum Gasteiger partial charge on any atom is 0.237 e. The van der Waals surface area contributed by atoms with Gasteiger partial charge in [-0.15, -0.1) is 11.6 Å². The van der Waals surface area contributed by atoms with Crippen molar-refractivity contribution in [1.29, 1.82) is 0 Å². The van der Waals surface area contributed by atoms with Gasteiger partial charge in [-0.25, -0.2) is 0 Å². The van der Waals surface area contributed by atoms with E-state index in [0.717, 1.165) is 5.75 Å². The van der Waals surface area contributed by atoms with E-state index in [0.29, 0.717) is 18.0 Å². The van der Waals surface area contributed by atoms with Gasteiger partial charge in [-0.1, -0.05) is 0 Å². The van der Waals surface area contributed by atoms with Gasteiger partial charge in [0.05, 0.1) is 12.1 Å². The Bertz CT molecular complexity index is 221. The van der Waals surface area contributed by atoms with Crippen molar-refractivity contribution in [1.82, 2.24) is 5.31 Å². The lowest BCUT2D eigenvalue weighted by Crippen LogP contribution is -2.46. The molecule has 0 aliphatic carbocycles. The second-order valence-electron chi connectivity index (χ2n) is 2.71. The highest BCUT2D eigenvalue weighted by molar-refractivity contribution is 7.98. The van der Waals surface area contributed by atoms with Gasteiger partial charge in [0.2, 0.25) is 5.91 Å². The van der Waals surface area contributed by atoms with Gasteiger partial charge in [-0.3, -0.25) is 4.79 Å². The Balaban J connectivity index is 4.22. The highest BCUT2D eigenvalue weighted by Crippen LogP contribution is 1.99. The molecule has 1 amide bonds. The van der Waals surface area contributed by atoms with Gasteiger partial charge >= 0.3 is 0 Å². The SMILES string of the molecule is [2H]N(C(=O)[C@@H](N)CCSC)[C@H](C=O)CCl. The molecule has 0 unspecified atom stereocenters. The van der Waals surface area contributed by atoms with Crippen molar-refractivity contribution in [3.8, 4) is 0 Å². The van der Waals surface area contributed by atoms with E-state index in [2.05, 4.69) is 0 Å². The molecule has 6 heteroatoms. The number of halogens is 1. The zero-order chi connectivity index (χ0) is 11.8. The Labute approximate surface area is 94.4 Å². The Hall–Kier alpha value is -0.260. The predicted octanol–water partition coefficient (Wildman–Crippen LogP) is -0.0107. The van der Waals surface area contributed by atoms with E-state index < -0.39 is 18.0 Å². The largest absolute Gasteiger partial charge is 0.344 e. The minimum atomic E-state index is -0.917. The van der Waals surface area contributed by atoms with Gasteiger partial charge in [0, 0.05) is 5.88 Å². The lowest BCUT2D eigenvalue weighted by molar-refractivity contribution is -0.124. The molecule has 0 heterocycles. The molecule has 0 rings (SSSR count). The summed E-state index contributed by atoms with van der Waals surface area (Å²) in [6.45, 7) is 0. The highest BCUT2D eigenvalue weighted by Gasteiger charge is 2.16. The number of carbonyl (C=O) groups is 2. The molecule has 0 saturated carbocycles. The van der Waals surface area contributed by atoms with E-state index in [-0.39, 0.29) is 5.88 Å². The molecule has 3 N–H and O–H groups in total. The third-order valence-corrected chi connectivity index (χ3v) is 2.52. The van der Waals surface area contributed by atoms with Crippen LogP contribution in [0.15, 0.2) is 0 Å². The average Bonchev–Trinajstić information content (AvgIpc) is 2.26. The van der Waals surface area contributed by atoms with Crippen LogP contribution in [0.25, 0.3) is 0 Å². The number of carbonyl (C=O) groups excluding carboxylic acids is 2. The lowest BCUT2D eigenvalue weighted by Gasteiger charge is -2.14. The van der Waals surface area contributed by atoms with Gasteiger partial charge in [-0.2, -0.15) is 11.8 Å². The first-order chi connectivity index (χ1) is 7.08. The van der Waals surface area contributed by atoms with Crippen LogP contribution in [-0.4, -0.2) is 42.2 Å². The van der Waals surface area contributed by atoms with Crippen LogP contribution in [0, 0.1) is 0 Å². The molecule has 0 fully saturated rings. The first kappa shape index (κ1) is 11.8. The maximum absolute atomic E-state index is 11.5. The fourth-order valence-electron chi connectivity index (χ4n) is 0.729. The fourth-order valence-corrected chi connectivity index (χ4v) is 1.36. The third-order valence-electron chi connectivity index (χ3n) is 1.56. The van der Waals surface area contributed by atoms with Gasteiger partial charge in [0.1, 0.15) is 6.29 Å². The van der Waals surface area contributed by atoms with E-state index in [9.17, 15) is 9.59 Å². The molecule has 0 aliphatic heterocycles. The van der Waals surface area contributed by atoms with Crippen molar-refractivity contribution in [3.63, 3.8) is 0 Å². The summed E-state index contributed by atoms with van der Waals surface area (Å²) in [4.78, 5) is 22.0. The summed E-state index contributed by atoms with van der Waals surface area (Å²) in [6.07, 6.45) is 2.87. The van der Waals surface area contributed by atoms with Gasteiger partial charge in [0.25, 0.3) is 0 Å². The minimum Gasteiger partial charge on any atom is -0.344 e. The maximum atomic E-state index is 11.5. The van der Waals surface area contributed by atoms with Crippen LogP contribution < -0.4 is 11.0 Å². The summed E-state index contributed by atoms with van der Waals surface area (Å²) in [5.74, 6) is 0.0864. The molecular formula is C8H15ClN2O2S. The molecular weight excluding hydrogens is 224 g/mol. The van der Waals surface area contributed by atoms with Gasteiger partial charge in [0.15, 0.2) is 1.41 Å². The normalized spacial score (nSPS) is 15.5. The zero-order valence-corrected chi connectivity index (χ0v) is 9.55. The lowest BCUT2D eigenvalue weighted by atomic mass is 10.2. The molecule has 0 aromatic rings. The first-order valence-electron chi connectivity index (χ1n) is 4.60. The molecule has 4 nitrogen and oxygen atoms in total. The Kier molecular flexibility index (Phi) is 6.82. The van der Waals surface area contributed by atoms with Crippen molar-refractivity contribution < 1.29 is 11.0 Å². The number of amides is 1. The van der Waals surface area contributed by atoms with Crippen LogP contribution in [0.2, 0.25) is 1.41 Å². The summed E-state index contributed by atoms with van der Waals surface area (Å²) in [6, 6.07) is -1.65. The van der Waals surface area contributed by atoms with Crippen molar-refractivity contribution >= 4 is 35.6 Å². The average molecular weight is 240 g/mol. The molecule has 0 spiro atoms. The van der Waals surface area contributed by atoms with E-state index in [1.54, 1.807) is 11.8 Å². The monoisotopic (exact) mass is 239 g/mol. The first-order valence-corrected chi connectivity index (χ1v) is 6.09. The molecule has 0 aromatic carbocycles. The van der Waals surface area contributed by atoms with Crippen LogP contribution in [0.4, 0.5) is 0 Å². The number of nitrogens with one attached hydrogen (secondary N) is 1. The van der Waals surface area contributed by atoms with Crippen molar-refractivity contribution in [2.24, 2.45) is 5.73 Å². The fraction of sp³-hybridized carbons (Fsp3) is 0.750. The zero-order valence-electron chi connectivity index (χ0n) is 8.98. The number of alkyl halides is 1. The van der Waals surface area contributed by atoms with Crippen LogP contribution >= 0.6 is 23.4 Å². The molecule has 82 valence electrons. The summed E-state index contributed by atoms with van der Waals surface area (Å²) < 4.78 is 7.38. The van der Waals surface area contributed by atoms with E-state index in [1.807, 2.05) is 6.26 Å². The number of nitrogens with two attached hydrogens (primary N) is 1. The third kappa shape index (κ3) is 5.47. The molecule has 0 radical (unpaired) electrons. The van der Waals surface area contributed by atoms with Crippen LogP contribution in [-0.2, 0) is 9.59 Å². The number of rotatable bonds is 7. The number of thioether (sulfide) groups is 1. The number of hydrogen-bond acceptors (Lipinski definition) is 4. The highest BCUT2D eigenvalue weighted by atomic mass is 35.5. The molecule has 0 bridgehead atoms. The van der Waals surface area contributed by atoms with Crippen LogP contribution in [0.1, 0.15) is 6.42 Å². The van der Waals surface area contributed by atoms with Crippen molar-refractivity contribution in [3.05, 3.63) is 0 Å². The summed E-state index contributed by atoms with van der Waals surface area (Å²) in [5.41, 5.74) is 5.57. The molecule has 0 aliphatic rings.